The van der Waals surface area contributed by atoms with E-state index in [-0.39, 0.29) is 6.01 Å². The minimum absolute atomic E-state index is 0.0246. The molecule has 5 heteroatoms. The Morgan fingerprint density at radius 2 is 2.06 bits per heavy atom. The van der Waals surface area contributed by atoms with E-state index in [1.54, 1.807) is 0 Å². The lowest BCUT2D eigenvalue weighted by atomic mass is 10.1. The molecule has 0 radical (unpaired) electrons. The smallest absolute Gasteiger partial charge is 0.292 e. The zero-order valence-electron chi connectivity index (χ0n) is 8.63. The summed E-state index contributed by atoms with van der Waals surface area (Å²) in [4.78, 5) is 3.95. The molecule has 0 unspecified atom stereocenters. The molecule has 0 saturated carbocycles. The summed E-state index contributed by atoms with van der Waals surface area (Å²) in [7, 11) is 0. The summed E-state index contributed by atoms with van der Waals surface area (Å²) in [5.74, 6) is -1.43. The molecule has 2 aromatic rings. The van der Waals surface area contributed by atoms with Crippen LogP contribution in [-0.4, -0.2) is 4.98 Å². The predicted octanol–water partition coefficient (Wildman–Crippen LogP) is 2.76. The number of nitrogen functional groups attached to an aromatic ring is 1. The zero-order chi connectivity index (χ0) is 11.7. The van der Waals surface area contributed by atoms with Gasteiger partial charge in [0.15, 0.2) is 17.4 Å². The fourth-order valence-electron chi connectivity index (χ4n) is 1.47. The number of hydrogen-bond donors (Lipinski definition) is 1. The Bertz CT molecular complexity index is 523. The van der Waals surface area contributed by atoms with Crippen LogP contribution in [0, 0.1) is 11.6 Å². The van der Waals surface area contributed by atoms with Crippen molar-refractivity contribution in [3.05, 3.63) is 35.5 Å². The summed E-state index contributed by atoms with van der Waals surface area (Å²) in [6.45, 7) is 1.88. The van der Waals surface area contributed by atoms with Gasteiger partial charge in [0.25, 0.3) is 6.01 Å². The molecule has 0 spiro atoms. The maximum absolute atomic E-state index is 13.0. The van der Waals surface area contributed by atoms with Crippen LogP contribution in [0.2, 0.25) is 0 Å². The molecular weight excluding hydrogens is 214 g/mol. The molecule has 1 aromatic carbocycles. The van der Waals surface area contributed by atoms with Crippen LogP contribution in [0.3, 0.4) is 0 Å². The van der Waals surface area contributed by atoms with Crippen molar-refractivity contribution in [2.45, 2.75) is 13.3 Å². The average Bonchev–Trinajstić information content (AvgIpc) is 2.63. The second-order valence-electron chi connectivity index (χ2n) is 3.31. The Balaban J connectivity index is 2.53. The first kappa shape index (κ1) is 10.6. The van der Waals surface area contributed by atoms with Gasteiger partial charge in [-0.05, 0) is 24.6 Å². The minimum atomic E-state index is -0.922. The van der Waals surface area contributed by atoms with Gasteiger partial charge in [-0.3, -0.25) is 0 Å². The van der Waals surface area contributed by atoms with Gasteiger partial charge in [0.1, 0.15) is 0 Å². The predicted molar refractivity (Wildman–Crippen MR) is 55.6 cm³/mol. The van der Waals surface area contributed by atoms with E-state index in [4.69, 9.17) is 10.2 Å². The first-order valence-electron chi connectivity index (χ1n) is 4.82. The third-order valence-corrected chi connectivity index (χ3v) is 2.23. The topological polar surface area (TPSA) is 52.0 Å². The lowest BCUT2D eigenvalue weighted by Gasteiger charge is -1.99. The van der Waals surface area contributed by atoms with E-state index in [0.29, 0.717) is 23.4 Å². The zero-order valence-corrected chi connectivity index (χ0v) is 8.63. The summed E-state index contributed by atoms with van der Waals surface area (Å²) < 4.78 is 31.0. The number of aromatic nitrogens is 1. The Hall–Kier alpha value is -1.91. The highest BCUT2D eigenvalue weighted by molar-refractivity contribution is 5.61. The molecule has 1 aromatic heterocycles. The lowest BCUT2D eigenvalue weighted by Crippen LogP contribution is -1.88. The van der Waals surface area contributed by atoms with Crippen molar-refractivity contribution >= 4 is 6.01 Å². The summed E-state index contributed by atoms with van der Waals surface area (Å²) in [6.07, 6.45) is 0.606. The van der Waals surface area contributed by atoms with E-state index in [1.165, 1.54) is 6.07 Å². The largest absolute Gasteiger partial charge is 0.423 e. The van der Waals surface area contributed by atoms with Crippen LogP contribution in [0.25, 0.3) is 11.3 Å². The van der Waals surface area contributed by atoms with Gasteiger partial charge in [-0.15, -0.1) is 0 Å². The lowest BCUT2D eigenvalue weighted by molar-refractivity contribution is 0.508. The number of nitrogens with two attached hydrogens (primary N) is 1. The second-order valence-corrected chi connectivity index (χ2v) is 3.31. The number of anilines is 1. The highest BCUT2D eigenvalue weighted by atomic mass is 19.2. The number of benzene rings is 1. The normalized spacial score (nSPS) is 10.7. The number of hydrogen-bond acceptors (Lipinski definition) is 3. The molecule has 84 valence electrons. The van der Waals surface area contributed by atoms with Gasteiger partial charge in [-0.1, -0.05) is 6.92 Å². The van der Waals surface area contributed by atoms with Crippen molar-refractivity contribution in [2.24, 2.45) is 0 Å². The highest BCUT2D eigenvalue weighted by Gasteiger charge is 2.13. The van der Waals surface area contributed by atoms with Crippen LogP contribution < -0.4 is 5.73 Å². The van der Waals surface area contributed by atoms with Gasteiger partial charge in [-0.25, -0.2) is 8.78 Å². The standard InChI is InChI=1S/C11H10F2N2O/c1-2-9-10(16-11(14)15-9)6-3-4-7(12)8(13)5-6/h3-5H,2H2,1H3,(H2,14,15). The van der Waals surface area contributed by atoms with Crippen molar-refractivity contribution in [2.75, 3.05) is 5.73 Å². The summed E-state index contributed by atoms with van der Waals surface area (Å²) in [5, 5.41) is 0. The summed E-state index contributed by atoms with van der Waals surface area (Å²) in [6, 6.07) is 3.56. The molecule has 3 nitrogen and oxygen atoms in total. The van der Waals surface area contributed by atoms with Gasteiger partial charge in [0, 0.05) is 5.56 Å². The Labute approximate surface area is 90.9 Å². The maximum atomic E-state index is 13.0. The third kappa shape index (κ3) is 1.76. The van der Waals surface area contributed by atoms with Crippen LogP contribution in [0.5, 0.6) is 0 Å². The second kappa shape index (κ2) is 3.92. The van der Waals surface area contributed by atoms with Crippen molar-refractivity contribution in [3.8, 4) is 11.3 Å². The monoisotopic (exact) mass is 224 g/mol. The molecule has 0 saturated heterocycles. The molecule has 0 atom stereocenters. The SMILES string of the molecule is CCc1nc(N)oc1-c1ccc(F)c(F)c1. The number of oxazole rings is 1. The summed E-state index contributed by atoms with van der Waals surface area (Å²) in [5.41, 5.74) is 6.47. The van der Waals surface area contributed by atoms with E-state index in [9.17, 15) is 8.78 Å². The molecule has 0 bridgehead atoms. The van der Waals surface area contributed by atoms with Gasteiger partial charge >= 0.3 is 0 Å². The molecule has 2 rings (SSSR count). The van der Waals surface area contributed by atoms with Gasteiger partial charge in [-0.2, -0.15) is 4.98 Å². The molecule has 16 heavy (non-hydrogen) atoms. The minimum Gasteiger partial charge on any atom is -0.423 e. The Morgan fingerprint density at radius 1 is 1.31 bits per heavy atom. The molecule has 2 N–H and O–H groups in total. The van der Waals surface area contributed by atoms with Crippen LogP contribution in [-0.2, 0) is 6.42 Å². The average molecular weight is 224 g/mol. The van der Waals surface area contributed by atoms with Crippen molar-refractivity contribution in [3.63, 3.8) is 0 Å². The Kier molecular flexibility index (Phi) is 2.60. The van der Waals surface area contributed by atoms with Crippen LogP contribution in [0.15, 0.2) is 22.6 Å². The van der Waals surface area contributed by atoms with Crippen LogP contribution in [0.4, 0.5) is 14.8 Å². The molecular formula is C11H10F2N2O. The number of nitrogens with zero attached hydrogens (tertiary/aromatic N) is 1. The maximum Gasteiger partial charge on any atom is 0.292 e. The van der Waals surface area contributed by atoms with Crippen molar-refractivity contribution in [1.82, 2.24) is 4.98 Å². The van der Waals surface area contributed by atoms with E-state index in [2.05, 4.69) is 4.98 Å². The quantitative estimate of drug-likeness (QED) is 0.853. The van der Waals surface area contributed by atoms with Crippen LogP contribution >= 0.6 is 0 Å². The molecule has 1 heterocycles. The number of aryl methyl sites for hydroxylation is 1. The number of halogens is 2. The molecule has 0 amide bonds. The van der Waals surface area contributed by atoms with Crippen molar-refractivity contribution < 1.29 is 13.2 Å². The first-order chi connectivity index (χ1) is 7.61. The molecule has 0 aliphatic rings. The van der Waals surface area contributed by atoms with Crippen LogP contribution in [0.1, 0.15) is 12.6 Å². The Morgan fingerprint density at radius 3 is 2.69 bits per heavy atom. The summed E-state index contributed by atoms with van der Waals surface area (Å²) >= 11 is 0. The molecule has 0 fully saturated rings. The highest BCUT2D eigenvalue weighted by Crippen LogP contribution is 2.27. The van der Waals surface area contributed by atoms with E-state index in [0.717, 1.165) is 12.1 Å². The van der Waals surface area contributed by atoms with Gasteiger partial charge in [0.05, 0.1) is 5.69 Å². The first-order valence-corrected chi connectivity index (χ1v) is 4.82. The van der Waals surface area contributed by atoms with E-state index in [1.807, 2.05) is 6.92 Å². The third-order valence-electron chi connectivity index (χ3n) is 2.23. The molecule has 0 aliphatic carbocycles. The number of rotatable bonds is 2. The van der Waals surface area contributed by atoms with Crippen molar-refractivity contribution in [1.29, 1.82) is 0 Å². The van der Waals surface area contributed by atoms with Gasteiger partial charge < -0.3 is 10.2 Å². The fraction of sp³-hybridized carbons (Fsp3) is 0.182. The van der Waals surface area contributed by atoms with E-state index >= 15 is 0 Å². The fourth-order valence-corrected chi connectivity index (χ4v) is 1.47. The van der Waals surface area contributed by atoms with E-state index < -0.39 is 11.6 Å². The molecule has 0 aliphatic heterocycles. The van der Waals surface area contributed by atoms with Gasteiger partial charge in [0.2, 0.25) is 0 Å².